The molecule has 3 unspecified atom stereocenters. The molecule has 204 valence electrons. The molecule has 5 rings (SSSR count). The van der Waals surface area contributed by atoms with E-state index < -0.39 is 11.4 Å². The first-order chi connectivity index (χ1) is 17.4. The SMILES string of the molecule is CC1CCCN1C.COc1nc(N2CC3CCC(C2)N3C(=O)OC(C)(C)C)c2cc(Cl)c(Br)c(F)c2n1. The highest BCUT2D eigenvalue weighted by atomic mass is 79.9. The summed E-state index contributed by atoms with van der Waals surface area (Å²) in [4.78, 5) is 27.7. The van der Waals surface area contributed by atoms with Crippen molar-refractivity contribution in [2.24, 2.45) is 0 Å². The molecule has 0 saturated carbocycles. The van der Waals surface area contributed by atoms with Gasteiger partial charge < -0.3 is 19.3 Å². The predicted molar refractivity (Wildman–Crippen MR) is 147 cm³/mol. The van der Waals surface area contributed by atoms with Gasteiger partial charge in [0, 0.05) is 24.5 Å². The predicted octanol–water partition coefficient (Wildman–Crippen LogP) is 5.88. The number of piperazine rings is 1. The summed E-state index contributed by atoms with van der Waals surface area (Å²) in [6, 6.07) is 2.56. The number of rotatable bonds is 2. The van der Waals surface area contributed by atoms with Gasteiger partial charge in [0.25, 0.3) is 0 Å². The normalized spacial score (nSPS) is 23.8. The quantitative estimate of drug-likeness (QED) is 0.399. The number of fused-ring (bicyclic) bond motifs is 3. The maximum absolute atomic E-state index is 14.8. The van der Waals surface area contributed by atoms with Crippen molar-refractivity contribution in [2.45, 2.75) is 77.1 Å². The highest BCUT2D eigenvalue weighted by molar-refractivity contribution is 9.10. The van der Waals surface area contributed by atoms with E-state index in [1.165, 1.54) is 26.5 Å². The maximum atomic E-state index is 14.8. The van der Waals surface area contributed by atoms with Crippen LogP contribution in [-0.2, 0) is 4.74 Å². The first kappa shape index (κ1) is 28.1. The number of halogens is 3. The number of nitrogens with zero attached hydrogens (tertiary/aromatic N) is 5. The first-order valence-corrected chi connectivity index (χ1v) is 13.9. The van der Waals surface area contributed by atoms with Crippen molar-refractivity contribution in [2.75, 3.05) is 38.7 Å². The van der Waals surface area contributed by atoms with Crippen LogP contribution in [0.5, 0.6) is 6.01 Å². The lowest BCUT2D eigenvalue weighted by Crippen LogP contribution is -2.57. The second kappa shape index (κ2) is 11.1. The van der Waals surface area contributed by atoms with Gasteiger partial charge in [-0.1, -0.05) is 11.6 Å². The van der Waals surface area contributed by atoms with Gasteiger partial charge in [-0.25, -0.2) is 9.18 Å². The molecule has 1 aromatic carbocycles. The Kier molecular flexibility index (Phi) is 8.40. The van der Waals surface area contributed by atoms with Crippen molar-refractivity contribution >= 4 is 50.3 Å². The molecule has 2 aromatic rings. The molecular weight excluding hydrogens is 565 g/mol. The van der Waals surface area contributed by atoms with Gasteiger partial charge in [-0.15, -0.1) is 0 Å². The molecule has 3 fully saturated rings. The Bertz CT molecular complexity index is 1140. The number of hydrogen-bond donors (Lipinski definition) is 0. The number of benzene rings is 1. The zero-order chi connectivity index (χ0) is 27.1. The van der Waals surface area contributed by atoms with Crippen molar-refractivity contribution in [1.29, 1.82) is 0 Å². The Morgan fingerprint density at radius 1 is 1.19 bits per heavy atom. The minimum absolute atomic E-state index is 0.00891. The van der Waals surface area contributed by atoms with E-state index >= 15 is 0 Å². The summed E-state index contributed by atoms with van der Waals surface area (Å²) < 4.78 is 25.8. The van der Waals surface area contributed by atoms with E-state index in [2.05, 4.69) is 49.7 Å². The Balaban J connectivity index is 0.000000396. The average molecular weight is 601 g/mol. The number of methoxy groups -OCH3 is 1. The van der Waals surface area contributed by atoms with E-state index in [1.54, 1.807) is 6.07 Å². The van der Waals surface area contributed by atoms with Crippen molar-refractivity contribution in [3.05, 3.63) is 21.4 Å². The molecule has 3 saturated heterocycles. The number of likely N-dealkylation sites (tertiary alicyclic amines) is 1. The molecule has 4 heterocycles. The van der Waals surface area contributed by atoms with Gasteiger partial charge in [0.1, 0.15) is 16.9 Å². The summed E-state index contributed by atoms with van der Waals surface area (Å²) in [6.07, 6.45) is 4.26. The number of ether oxygens (including phenoxy) is 2. The third kappa shape index (κ3) is 6.06. The molecule has 1 aromatic heterocycles. The Hall–Kier alpha value is -1.91. The fourth-order valence-electron chi connectivity index (χ4n) is 5.23. The average Bonchev–Trinajstić information content (AvgIpc) is 3.34. The van der Waals surface area contributed by atoms with Crippen molar-refractivity contribution in [3.63, 3.8) is 0 Å². The number of anilines is 1. The Morgan fingerprint density at radius 2 is 1.84 bits per heavy atom. The number of hydrogen-bond acceptors (Lipinski definition) is 7. The minimum Gasteiger partial charge on any atom is -0.467 e. The van der Waals surface area contributed by atoms with Crippen molar-refractivity contribution in [1.82, 2.24) is 19.8 Å². The van der Waals surface area contributed by atoms with E-state index in [-0.39, 0.29) is 39.2 Å². The van der Waals surface area contributed by atoms with Gasteiger partial charge in [0.05, 0.1) is 28.7 Å². The lowest BCUT2D eigenvalue weighted by atomic mass is 10.1. The monoisotopic (exact) mass is 599 g/mol. The molecule has 11 heteroatoms. The van der Waals surface area contributed by atoms with E-state index in [1.807, 2.05) is 25.7 Å². The largest absolute Gasteiger partial charge is 0.467 e. The van der Waals surface area contributed by atoms with Gasteiger partial charge in [0.2, 0.25) is 0 Å². The van der Waals surface area contributed by atoms with Gasteiger partial charge >= 0.3 is 12.1 Å². The second-order valence-corrected chi connectivity index (χ2v) is 12.3. The summed E-state index contributed by atoms with van der Waals surface area (Å²) in [7, 11) is 3.63. The molecule has 8 nitrogen and oxygen atoms in total. The second-order valence-electron chi connectivity index (χ2n) is 11.1. The minimum atomic E-state index is -0.560. The molecule has 0 aliphatic carbocycles. The molecule has 3 aliphatic rings. The zero-order valence-corrected chi connectivity index (χ0v) is 24.7. The van der Waals surface area contributed by atoms with Crippen LogP contribution in [0.1, 0.15) is 53.4 Å². The summed E-state index contributed by atoms with van der Waals surface area (Å²) in [5.74, 6) is -0.0132. The van der Waals surface area contributed by atoms with Crippen LogP contribution >= 0.6 is 27.5 Å². The molecule has 1 amide bonds. The molecule has 2 bridgehead atoms. The fraction of sp³-hybridized carbons (Fsp3) is 0.654. The van der Waals surface area contributed by atoms with Crippen LogP contribution in [-0.4, -0.2) is 83.4 Å². The van der Waals surface area contributed by atoms with E-state index in [9.17, 15) is 9.18 Å². The maximum Gasteiger partial charge on any atom is 0.410 e. The number of amides is 1. The third-order valence-corrected chi connectivity index (χ3v) is 8.54. The van der Waals surface area contributed by atoms with Gasteiger partial charge in [-0.05, 0) is 89.0 Å². The molecule has 0 N–H and O–H groups in total. The third-order valence-electron chi connectivity index (χ3n) is 7.24. The number of carbonyl (C=O) groups is 1. The van der Waals surface area contributed by atoms with Crippen LogP contribution in [0.3, 0.4) is 0 Å². The highest BCUT2D eigenvalue weighted by Crippen LogP contribution is 2.39. The molecule has 3 atom stereocenters. The lowest BCUT2D eigenvalue weighted by Gasteiger charge is -2.42. The summed E-state index contributed by atoms with van der Waals surface area (Å²) in [5.41, 5.74) is -0.416. The van der Waals surface area contributed by atoms with Crippen LogP contribution in [0.4, 0.5) is 15.0 Å². The molecular formula is C26H36BrClFN5O3. The van der Waals surface area contributed by atoms with Crippen molar-refractivity contribution < 1.29 is 18.7 Å². The lowest BCUT2D eigenvalue weighted by molar-refractivity contribution is 0.0123. The van der Waals surface area contributed by atoms with Crippen LogP contribution in [0.25, 0.3) is 10.9 Å². The highest BCUT2D eigenvalue weighted by Gasteiger charge is 2.45. The van der Waals surface area contributed by atoms with Crippen LogP contribution in [0, 0.1) is 5.82 Å². The van der Waals surface area contributed by atoms with E-state index in [4.69, 9.17) is 21.1 Å². The Labute approximate surface area is 231 Å². The Morgan fingerprint density at radius 3 is 2.32 bits per heavy atom. The number of carbonyl (C=O) groups excluding carboxylic acids is 1. The smallest absolute Gasteiger partial charge is 0.410 e. The first-order valence-electron chi connectivity index (χ1n) is 12.7. The zero-order valence-electron chi connectivity index (χ0n) is 22.4. The van der Waals surface area contributed by atoms with Crippen LogP contribution in [0.2, 0.25) is 5.02 Å². The van der Waals surface area contributed by atoms with Gasteiger partial charge in [-0.3, -0.25) is 4.90 Å². The molecule has 0 spiro atoms. The topological polar surface area (TPSA) is 71.0 Å². The van der Waals surface area contributed by atoms with Crippen molar-refractivity contribution in [3.8, 4) is 6.01 Å². The standard InChI is InChI=1S/C20H23BrClFN4O3.C6H13N/c1-20(2,3)30-19(28)27-10-5-6-11(27)9-26(8-10)17-12-7-13(22)14(21)15(23)16(12)24-18(25-17)29-4;1-6-4-3-5-7(6)2/h7,10-11H,5-6,8-9H2,1-4H3;6H,3-5H2,1-2H3. The van der Waals surface area contributed by atoms with Gasteiger partial charge in [-0.2, -0.15) is 9.97 Å². The fourth-order valence-corrected chi connectivity index (χ4v) is 5.73. The summed E-state index contributed by atoms with van der Waals surface area (Å²) in [5, 5.41) is 0.747. The van der Waals surface area contributed by atoms with Crippen LogP contribution < -0.4 is 9.64 Å². The number of aromatic nitrogens is 2. The van der Waals surface area contributed by atoms with E-state index in [0.717, 1.165) is 18.9 Å². The molecule has 3 aliphatic heterocycles. The van der Waals surface area contributed by atoms with Crippen LogP contribution in [0.15, 0.2) is 10.5 Å². The van der Waals surface area contributed by atoms with E-state index in [0.29, 0.717) is 24.3 Å². The summed E-state index contributed by atoms with van der Waals surface area (Å²) >= 11 is 9.38. The molecule has 0 radical (unpaired) electrons. The van der Waals surface area contributed by atoms with Gasteiger partial charge in [0.15, 0.2) is 5.82 Å². The summed E-state index contributed by atoms with van der Waals surface area (Å²) in [6.45, 7) is 10.3. The molecule has 37 heavy (non-hydrogen) atoms.